The summed E-state index contributed by atoms with van der Waals surface area (Å²) < 4.78 is 19.0. The third-order valence-electron chi connectivity index (χ3n) is 1.96. The lowest BCUT2D eigenvalue weighted by Gasteiger charge is -2.21. The van der Waals surface area contributed by atoms with Gasteiger partial charge in [-0.1, -0.05) is 6.07 Å². The molecule has 1 aromatic rings. The largest absolute Gasteiger partial charge is 0.495 e. The van der Waals surface area contributed by atoms with E-state index in [9.17, 15) is 4.39 Å². The van der Waals surface area contributed by atoms with Crippen molar-refractivity contribution in [1.29, 1.82) is 0 Å². The standard InChI is InChI=1S/C10H13BrFNO/c1-10(2,13)6-4-5-7(14-3)8(11)9(6)12/h4-5H,13H2,1-3H3. The first-order valence-corrected chi connectivity index (χ1v) is 4.98. The third kappa shape index (κ3) is 2.07. The summed E-state index contributed by atoms with van der Waals surface area (Å²) in [5.74, 6) is 0.104. The Hall–Kier alpha value is -0.610. The van der Waals surface area contributed by atoms with E-state index in [1.54, 1.807) is 26.0 Å². The highest BCUT2D eigenvalue weighted by molar-refractivity contribution is 9.10. The molecular weight excluding hydrogens is 249 g/mol. The van der Waals surface area contributed by atoms with Crippen molar-refractivity contribution in [1.82, 2.24) is 0 Å². The monoisotopic (exact) mass is 261 g/mol. The van der Waals surface area contributed by atoms with E-state index in [0.29, 0.717) is 15.8 Å². The van der Waals surface area contributed by atoms with Gasteiger partial charge in [0, 0.05) is 11.1 Å². The van der Waals surface area contributed by atoms with Crippen LogP contribution in [0.1, 0.15) is 19.4 Å². The molecule has 2 N–H and O–H groups in total. The lowest BCUT2D eigenvalue weighted by molar-refractivity contribution is 0.404. The summed E-state index contributed by atoms with van der Waals surface area (Å²) in [4.78, 5) is 0. The molecule has 0 amide bonds. The van der Waals surface area contributed by atoms with E-state index in [4.69, 9.17) is 10.5 Å². The van der Waals surface area contributed by atoms with Crippen LogP contribution in [0.15, 0.2) is 16.6 Å². The number of methoxy groups -OCH3 is 1. The summed E-state index contributed by atoms with van der Waals surface area (Å²) in [5, 5.41) is 0. The number of benzene rings is 1. The normalized spacial score (nSPS) is 11.6. The van der Waals surface area contributed by atoms with Crippen LogP contribution < -0.4 is 10.5 Å². The first kappa shape index (κ1) is 11.5. The molecule has 0 unspecified atom stereocenters. The van der Waals surface area contributed by atoms with E-state index >= 15 is 0 Å². The smallest absolute Gasteiger partial charge is 0.146 e. The number of hydrogen-bond donors (Lipinski definition) is 1. The molecule has 14 heavy (non-hydrogen) atoms. The van der Waals surface area contributed by atoms with Crippen LogP contribution in [0.2, 0.25) is 0 Å². The van der Waals surface area contributed by atoms with E-state index in [1.165, 1.54) is 7.11 Å². The van der Waals surface area contributed by atoms with Crippen LogP contribution in [0.4, 0.5) is 4.39 Å². The van der Waals surface area contributed by atoms with Crippen molar-refractivity contribution in [2.75, 3.05) is 7.11 Å². The minimum atomic E-state index is -0.696. The van der Waals surface area contributed by atoms with Crippen LogP contribution in [0.25, 0.3) is 0 Å². The zero-order valence-electron chi connectivity index (χ0n) is 8.40. The van der Waals surface area contributed by atoms with Gasteiger partial charge in [-0.25, -0.2) is 4.39 Å². The summed E-state index contributed by atoms with van der Waals surface area (Å²) >= 11 is 3.13. The van der Waals surface area contributed by atoms with Crippen LogP contribution >= 0.6 is 15.9 Å². The molecule has 0 heterocycles. The van der Waals surface area contributed by atoms with Crippen molar-refractivity contribution in [2.24, 2.45) is 5.73 Å². The average molecular weight is 262 g/mol. The second kappa shape index (κ2) is 3.87. The fourth-order valence-electron chi connectivity index (χ4n) is 1.19. The van der Waals surface area contributed by atoms with Crippen molar-refractivity contribution >= 4 is 15.9 Å². The Morgan fingerprint density at radius 1 is 1.43 bits per heavy atom. The van der Waals surface area contributed by atoms with Gasteiger partial charge in [0.1, 0.15) is 11.6 Å². The van der Waals surface area contributed by atoms with Crippen molar-refractivity contribution in [3.63, 3.8) is 0 Å². The van der Waals surface area contributed by atoms with Gasteiger partial charge in [-0.3, -0.25) is 0 Å². The molecule has 0 atom stereocenters. The van der Waals surface area contributed by atoms with Crippen molar-refractivity contribution in [2.45, 2.75) is 19.4 Å². The van der Waals surface area contributed by atoms with E-state index in [0.717, 1.165) is 0 Å². The molecule has 0 aliphatic rings. The molecule has 0 spiro atoms. The van der Waals surface area contributed by atoms with Gasteiger partial charge in [-0.2, -0.15) is 0 Å². The first-order chi connectivity index (χ1) is 6.38. The highest BCUT2D eigenvalue weighted by Gasteiger charge is 2.22. The summed E-state index contributed by atoms with van der Waals surface area (Å²) in [6.45, 7) is 3.51. The number of ether oxygens (including phenoxy) is 1. The van der Waals surface area contributed by atoms with Crippen LogP contribution in [-0.4, -0.2) is 7.11 Å². The lowest BCUT2D eigenvalue weighted by Crippen LogP contribution is -2.30. The molecule has 0 fully saturated rings. The zero-order chi connectivity index (χ0) is 10.9. The number of rotatable bonds is 2. The van der Waals surface area contributed by atoms with Gasteiger partial charge in [-0.05, 0) is 35.8 Å². The van der Waals surface area contributed by atoms with Crippen molar-refractivity contribution in [3.8, 4) is 5.75 Å². The molecule has 4 heteroatoms. The highest BCUT2D eigenvalue weighted by Crippen LogP contribution is 2.33. The lowest BCUT2D eigenvalue weighted by atomic mass is 9.95. The van der Waals surface area contributed by atoms with Gasteiger partial charge in [0.15, 0.2) is 0 Å². The summed E-state index contributed by atoms with van der Waals surface area (Å²) in [7, 11) is 1.49. The SMILES string of the molecule is COc1ccc(C(C)(C)N)c(F)c1Br. The van der Waals surface area contributed by atoms with Gasteiger partial charge in [-0.15, -0.1) is 0 Å². The van der Waals surface area contributed by atoms with E-state index in [-0.39, 0.29) is 5.82 Å². The molecule has 0 saturated heterocycles. The Kier molecular flexibility index (Phi) is 3.17. The third-order valence-corrected chi connectivity index (χ3v) is 2.70. The molecular formula is C10H13BrFNO. The van der Waals surface area contributed by atoms with Crippen molar-refractivity contribution < 1.29 is 9.13 Å². The van der Waals surface area contributed by atoms with Gasteiger partial charge >= 0.3 is 0 Å². The van der Waals surface area contributed by atoms with Gasteiger partial charge in [0.25, 0.3) is 0 Å². The van der Waals surface area contributed by atoms with E-state index in [2.05, 4.69) is 15.9 Å². The molecule has 78 valence electrons. The maximum absolute atomic E-state index is 13.7. The van der Waals surface area contributed by atoms with E-state index < -0.39 is 5.54 Å². The number of halogens is 2. The average Bonchev–Trinajstić information content (AvgIpc) is 2.07. The van der Waals surface area contributed by atoms with Gasteiger partial charge in [0.05, 0.1) is 11.6 Å². The predicted molar refractivity (Wildman–Crippen MR) is 57.9 cm³/mol. The Labute approximate surface area is 91.4 Å². The Balaban J connectivity index is 3.31. The molecule has 1 aromatic carbocycles. The fraction of sp³-hybridized carbons (Fsp3) is 0.400. The number of nitrogens with two attached hydrogens (primary N) is 1. The predicted octanol–water partition coefficient (Wildman–Crippen LogP) is 2.79. The summed E-state index contributed by atoms with van der Waals surface area (Å²) in [6.07, 6.45) is 0. The second-order valence-corrected chi connectivity index (χ2v) is 4.46. The molecule has 2 nitrogen and oxygen atoms in total. The van der Waals surface area contributed by atoms with Crippen LogP contribution in [0.5, 0.6) is 5.75 Å². The summed E-state index contributed by atoms with van der Waals surface area (Å²) in [5.41, 5.74) is 5.58. The van der Waals surface area contributed by atoms with E-state index in [1.807, 2.05) is 0 Å². The van der Waals surface area contributed by atoms with Gasteiger partial charge in [0.2, 0.25) is 0 Å². The minimum absolute atomic E-state index is 0.316. The fourth-order valence-corrected chi connectivity index (χ4v) is 1.69. The molecule has 0 bridgehead atoms. The zero-order valence-corrected chi connectivity index (χ0v) is 9.98. The molecule has 0 aliphatic heterocycles. The molecule has 0 radical (unpaired) electrons. The molecule has 0 aliphatic carbocycles. The van der Waals surface area contributed by atoms with Gasteiger partial charge < -0.3 is 10.5 Å². The van der Waals surface area contributed by atoms with Crippen molar-refractivity contribution in [3.05, 3.63) is 28.0 Å². The molecule has 0 saturated carbocycles. The van der Waals surface area contributed by atoms with Crippen LogP contribution in [-0.2, 0) is 5.54 Å². The molecule has 0 aromatic heterocycles. The molecule has 1 rings (SSSR count). The number of hydrogen-bond acceptors (Lipinski definition) is 2. The second-order valence-electron chi connectivity index (χ2n) is 3.67. The Bertz CT molecular complexity index is 347. The quantitative estimate of drug-likeness (QED) is 0.889. The minimum Gasteiger partial charge on any atom is -0.495 e. The topological polar surface area (TPSA) is 35.2 Å². The maximum Gasteiger partial charge on any atom is 0.146 e. The summed E-state index contributed by atoms with van der Waals surface area (Å²) in [6, 6.07) is 3.33. The maximum atomic E-state index is 13.7. The highest BCUT2D eigenvalue weighted by atomic mass is 79.9. The Morgan fingerprint density at radius 3 is 2.43 bits per heavy atom. The Morgan fingerprint density at radius 2 is 2.00 bits per heavy atom. The van der Waals surface area contributed by atoms with Crippen LogP contribution in [0.3, 0.4) is 0 Å². The van der Waals surface area contributed by atoms with Crippen LogP contribution in [0, 0.1) is 5.82 Å². The first-order valence-electron chi connectivity index (χ1n) is 4.19.